The molecule has 236 valence electrons. The Bertz CT molecular complexity index is 412. The van der Waals surface area contributed by atoms with Crippen LogP contribution < -0.4 is 0 Å². The zero-order chi connectivity index (χ0) is 28.5. The Morgan fingerprint density at radius 1 is 0.231 bits per heavy atom. The van der Waals surface area contributed by atoms with Crippen LogP contribution in [0.3, 0.4) is 0 Å². The first kappa shape index (κ1) is 39.0. The van der Waals surface area contributed by atoms with E-state index in [1.165, 1.54) is 212 Å². The van der Waals surface area contributed by atoms with Crippen LogP contribution in [0.15, 0.2) is 0 Å². The van der Waals surface area contributed by atoms with Gasteiger partial charge in [0.05, 0.1) is 0 Å². The third-order valence-corrected chi connectivity index (χ3v) is 9.49. The molecule has 0 aliphatic carbocycles. The molecule has 0 heteroatoms. The average molecular weight is 549 g/mol. The number of rotatable bonds is 34. The highest BCUT2D eigenvalue weighted by molar-refractivity contribution is 4.58. The van der Waals surface area contributed by atoms with E-state index in [4.69, 9.17) is 0 Å². The minimum atomic E-state index is 0.964. The van der Waals surface area contributed by atoms with Crippen LogP contribution in [0.1, 0.15) is 240 Å². The predicted octanol–water partition coefficient (Wildman–Crippen LogP) is 15.2. The number of hydrogen-bond donors (Lipinski definition) is 0. The molecule has 0 aromatic carbocycles. The molecule has 0 radical (unpaired) electrons. The third kappa shape index (κ3) is 34.1. The van der Waals surface area contributed by atoms with E-state index in [0.29, 0.717) is 0 Å². The second-order valence-electron chi connectivity index (χ2n) is 13.9. The zero-order valence-electron chi connectivity index (χ0n) is 28.5. The molecule has 0 amide bonds. The van der Waals surface area contributed by atoms with Crippen LogP contribution in [-0.4, -0.2) is 0 Å². The second kappa shape index (κ2) is 34.2. The van der Waals surface area contributed by atoms with Gasteiger partial charge in [0.1, 0.15) is 0 Å². The van der Waals surface area contributed by atoms with E-state index in [0.717, 1.165) is 11.8 Å². The Labute approximate surface area is 251 Å². The van der Waals surface area contributed by atoms with Crippen LogP contribution in [0.4, 0.5) is 0 Å². The van der Waals surface area contributed by atoms with Gasteiger partial charge in [-0.2, -0.15) is 0 Å². The summed E-state index contributed by atoms with van der Waals surface area (Å²) in [5.74, 6) is 1.93. The van der Waals surface area contributed by atoms with E-state index in [2.05, 4.69) is 27.7 Å². The quantitative estimate of drug-likeness (QED) is 0.0701. The maximum Gasteiger partial charge on any atom is -0.0443 e. The molecule has 0 bridgehead atoms. The molecule has 0 aromatic rings. The van der Waals surface area contributed by atoms with Crippen molar-refractivity contribution in [2.75, 3.05) is 0 Å². The lowest BCUT2D eigenvalue weighted by atomic mass is 9.95. The monoisotopic (exact) mass is 549 g/mol. The van der Waals surface area contributed by atoms with Gasteiger partial charge in [-0.1, -0.05) is 240 Å². The minimum absolute atomic E-state index is 0.964. The summed E-state index contributed by atoms with van der Waals surface area (Å²) in [7, 11) is 0. The lowest BCUT2D eigenvalue weighted by molar-refractivity contribution is 0.428. The molecule has 0 N–H and O–H groups in total. The zero-order valence-corrected chi connectivity index (χ0v) is 28.5. The molecular formula is C39H80. The predicted molar refractivity (Wildman–Crippen MR) is 182 cm³/mol. The minimum Gasteiger partial charge on any atom is -0.0654 e. The number of hydrogen-bond acceptors (Lipinski definition) is 0. The van der Waals surface area contributed by atoms with Crippen molar-refractivity contribution in [1.82, 2.24) is 0 Å². The topological polar surface area (TPSA) is 0 Å². The van der Waals surface area contributed by atoms with E-state index < -0.39 is 0 Å². The highest BCUT2D eigenvalue weighted by Crippen LogP contribution is 2.20. The lowest BCUT2D eigenvalue weighted by Crippen LogP contribution is -1.95. The van der Waals surface area contributed by atoms with E-state index in [9.17, 15) is 0 Å². The Morgan fingerprint density at radius 3 is 0.590 bits per heavy atom. The summed E-state index contributed by atoms with van der Waals surface area (Å²) >= 11 is 0. The molecule has 2 atom stereocenters. The maximum atomic E-state index is 2.51. The fraction of sp³-hybridized carbons (Fsp3) is 1.00. The first-order valence-corrected chi connectivity index (χ1v) is 19.2. The van der Waals surface area contributed by atoms with Crippen molar-refractivity contribution in [3.63, 3.8) is 0 Å². The smallest absolute Gasteiger partial charge is 0.0443 e. The van der Waals surface area contributed by atoms with Crippen molar-refractivity contribution in [2.24, 2.45) is 11.8 Å². The van der Waals surface area contributed by atoms with Gasteiger partial charge in [-0.05, 0) is 11.8 Å². The van der Waals surface area contributed by atoms with Gasteiger partial charge in [0, 0.05) is 0 Å². The van der Waals surface area contributed by atoms with Gasteiger partial charge in [0.15, 0.2) is 0 Å². The molecule has 0 spiro atoms. The molecule has 39 heavy (non-hydrogen) atoms. The molecule has 0 aliphatic rings. The normalized spacial score (nSPS) is 13.2. The molecule has 0 rings (SSSR count). The van der Waals surface area contributed by atoms with Gasteiger partial charge in [0.25, 0.3) is 0 Å². The maximum absolute atomic E-state index is 2.51. The van der Waals surface area contributed by atoms with Crippen LogP contribution in [0, 0.1) is 11.8 Å². The third-order valence-electron chi connectivity index (χ3n) is 9.49. The molecule has 0 saturated heterocycles. The molecule has 0 aromatic heterocycles. The van der Waals surface area contributed by atoms with E-state index in [-0.39, 0.29) is 0 Å². The molecule has 2 unspecified atom stereocenters. The molecule has 0 saturated carbocycles. The van der Waals surface area contributed by atoms with Gasteiger partial charge in [-0.3, -0.25) is 0 Å². The van der Waals surface area contributed by atoms with Gasteiger partial charge in [-0.25, -0.2) is 0 Å². The van der Waals surface area contributed by atoms with Crippen molar-refractivity contribution >= 4 is 0 Å². The Morgan fingerprint density at radius 2 is 0.385 bits per heavy atom. The summed E-state index contributed by atoms with van der Waals surface area (Å²) in [4.78, 5) is 0. The largest absolute Gasteiger partial charge is 0.0654 e. The van der Waals surface area contributed by atoms with E-state index in [1.807, 2.05) is 0 Å². The van der Waals surface area contributed by atoms with Gasteiger partial charge in [0.2, 0.25) is 0 Å². The first-order chi connectivity index (χ1) is 19.2. The van der Waals surface area contributed by atoms with E-state index in [1.54, 1.807) is 0 Å². The van der Waals surface area contributed by atoms with Crippen molar-refractivity contribution in [3.8, 4) is 0 Å². The van der Waals surface area contributed by atoms with Crippen LogP contribution >= 0.6 is 0 Å². The fourth-order valence-corrected chi connectivity index (χ4v) is 6.47. The molecule has 0 nitrogen and oxygen atoms in total. The average Bonchev–Trinajstić information content (AvgIpc) is 2.93. The summed E-state index contributed by atoms with van der Waals surface area (Å²) in [5, 5.41) is 0. The van der Waals surface area contributed by atoms with Crippen molar-refractivity contribution in [2.45, 2.75) is 240 Å². The number of unbranched alkanes of at least 4 members (excludes halogenated alkanes) is 26. The molecular weight excluding hydrogens is 468 g/mol. The summed E-state index contributed by atoms with van der Waals surface area (Å²) in [6.45, 7) is 9.61. The van der Waals surface area contributed by atoms with E-state index >= 15 is 0 Å². The van der Waals surface area contributed by atoms with Gasteiger partial charge < -0.3 is 0 Å². The Kier molecular flexibility index (Phi) is 34.2. The van der Waals surface area contributed by atoms with Crippen LogP contribution in [-0.2, 0) is 0 Å². The second-order valence-corrected chi connectivity index (χ2v) is 13.9. The lowest BCUT2D eigenvalue weighted by Gasteiger charge is -2.11. The summed E-state index contributed by atoms with van der Waals surface area (Å²) in [6, 6.07) is 0. The van der Waals surface area contributed by atoms with Crippen molar-refractivity contribution in [3.05, 3.63) is 0 Å². The SMILES string of the molecule is CCCCCCCCCCCCCCCCC(C)CCCCCCCCCCCCCC(C)CCCCCC. The van der Waals surface area contributed by atoms with Crippen molar-refractivity contribution in [1.29, 1.82) is 0 Å². The van der Waals surface area contributed by atoms with Crippen LogP contribution in [0.5, 0.6) is 0 Å². The van der Waals surface area contributed by atoms with Crippen molar-refractivity contribution < 1.29 is 0 Å². The summed E-state index contributed by atoms with van der Waals surface area (Å²) < 4.78 is 0. The Balaban J connectivity index is 3.19. The van der Waals surface area contributed by atoms with Crippen LogP contribution in [0.25, 0.3) is 0 Å². The summed E-state index contributed by atoms with van der Waals surface area (Å²) in [6.07, 6.45) is 48.6. The van der Waals surface area contributed by atoms with Gasteiger partial charge >= 0.3 is 0 Å². The summed E-state index contributed by atoms with van der Waals surface area (Å²) in [5.41, 5.74) is 0. The standard InChI is InChI=1S/C39H80/c1-5-7-9-11-12-13-14-15-16-18-21-24-28-32-36-39(4)37-33-29-26-23-20-17-19-22-25-27-31-35-38(3)34-30-10-8-6-2/h38-39H,5-37H2,1-4H3. The van der Waals surface area contributed by atoms with Crippen LogP contribution in [0.2, 0.25) is 0 Å². The molecule has 0 aliphatic heterocycles. The molecule has 0 heterocycles. The fourth-order valence-electron chi connectivity index (χ4n) is 6.47. The highest BCUT2D eigenvalue weighted by Gasteiger charge is 2.03. The van der Waals surface area contributed by atoms with Gasteiger partial charge in [-0.15, -0.1) is 0 Å². The first-order valence-electron chi connectivity index (χ1n) is 19.2. The Hall–Kier alpha value is 0. The molecule has 0 fully saturated rings. The highest BCUT2D eigenvalue weighted by atomic mass is 14.1.